The number of halogens is 4. The SMILES string of the molecule is O=C(c1ccccc1Cl)N(Cc1ccc(Cl)cc1)N1C(=O)[C@@H]2[C@H]3C[C@@H]([C@H](Br)[C@@H]3Br)[C@@H]2C1=O. The number of hydrogen-bond acceptors (Lipinski definition) is 3. The number of fused-ring (bicyclic) bond motifs is 5. The topological polar surface area (TPSA) is 57.7 Å². The Morgan fingerprint density at radius 3 is 2.06 bits per heavy atom. The molecule has 1 saturated heterocycles. The fraction of sp³-hybridized carbons (Fsp3) is 0.348. The molecule has 2 saturated carbocycles. The maximum absolute atomic E-state index is 13.6. The highest BCUT2D eigenvalue weighted by Crippen LogP contribution is 2.60. The fourth-order valence-corrected chi connectivity index (χ4v) is 7.56. The number of carbonyl (C=O) groups is 3. The second-order valence-corrected chi connectivity index (χ2v) is 11.4. The molecule has 1 aliphatic heterocycles. The van der Waals surface area contributed by atoms with Gasteiger partial charge in [-0.15, -0.1) is 0 Å². The molecule has 5 rings (SSSR count). The summed E-state index contributed by atoms with van der Waals surface area (Å²) in [5.74, 6) is -1.84. The van der Waals surface area contributed by atoms with Crippen molar-refractivity contribution in [2.24, 2.45) is 23.7 Å². The normalized spacial score (nSPS) is 30.7. The number of imide groups is 1. The summed E-state index contributed by atoms with van der Waals surface area (Å²) in [6.45, 7) is 0.0446. The van der Waals surface area contributed by atoms with Crippen LogP contribution in [0.1, 0.15) is 22.3 Å². The summed E-state index contributed by atoms with van der Waals surface area (Å²) in [6, 6.07) is 13.6. The molecule has 0 unspecified atom stereocenters. The third kappa shape index (κ3) is 3.44. The van der Waals surface area contributed by atoms with E-state index in [1.807, 2.05) is 0 Å². The summed E-state index contributed by atoms with van der Waals surface area (Å²) in [4.78, 5) is 41.0. The van der Waals surface area contributed by atoms with E-state index in [0.717, 1.165) is 17.0 Å². The van der Waals surface area contributed by atoms with E-state index in [9.17, 15) is 14.4 Å². The number of rotatable bonds is 4. The second-order valence-electron chi connectivity index (χ2n) is 8.46. The Morgan fingerprint density at radius 2 is 1.50 bits per heavy atom. The molecule has 3 aliphatic rings. The molecule has 6 atom stereocenters. The Labute approximate surface area is 212 Å². The lowest BCUT2D eigenvalue weighted by Crippen LogP contribution is -2.50. The quantitative estimate of drug-likeness (QED) is 0.352. The average Bonchev–Trinajstić information content (AvgIpc) is 3.38. The van der Waals surface area contributed by atoms with Gasteiger partial charge in [0.15, 0.2) is 0 Å². The molecule has 166 valence electrons. The Hall–Kier alpha value is -1.41. The number of alkyl halides is 2. The van der Waals surface area contributed by atoms with E-state index < -0.39 is 17.7 Å². The molecule has 2 aromatic carbocycles. The van der Waals surface area contributed by atoms with Crippen molar-refractivity contribution in [3.8, 4) is 0 Å². The van der Waals surface area contributed by atoms with Crippen molar-refractivity contribution in [3.05, 3.63) is 69.7 Å². The Balaban J connectivity index is 1.54. The van der Waals surface area contributed by atoms with Crippen LogP contribution in [0.5, 0.6) is 0 Å². The molecule has 1 heterocycles. The first-order valence-corrected chi connectivity index (χ1v) is 12.8. The molecule has 3 fully saturated rings. The minimum Gasteiger partial charge on any atom is -0.272 e. The largest absolute Gasteiger partial charge is 0.274 e. The summed E-state index contributed by atoms with van der Waals surface area (Å²) in [5, 5.41) is 3.13. The molecule has 2 aromatic rings. The van der Waals surface area contributed by atoms with Gasteiger partial charge in [0.1, 0.15) is 0 Å². The first-order valence-electron chi connectivity index (χ1n) is 10.3. The first kappa shape index (κ1) is 22.4. The molecule has 32 heavy (non-hydrogen) atoms. The molecule has 5 nitrogen and oxygen atoms in total. The number of carbonyl (C=O) groups excluding carboxylic acids is 3. The van der Waals surface area contributed by atoms with Crippen LogP contribution in [0.25, 0.3) is 0 Å². The third-order valence-electron chi connectivity index (χ3n) is 6.79. The molecule has 9 heteroatoms. The van der Waals surface area contributed by atoms with Gasteiger partial charge in [-0.1, -0.05) is 79.3 Å². The summed E-state index contributed by atoms with van der Waals surface area (Å²) >= 11 is 19.7. The number of benzene rings is 2. The van der Waals surface area contributed by atoms with Crippen LogP contribution in [0, 0.1) is 23.7 Å². The second kappa shape index (κ2) is 8.42. The van der Waals surface area contributed by atoms with Gasteiger partial charge in [-0.05, 0) is 48.1 Å². The maximum atomic E-state index is 13.6. The van der Waals surface area contributed by atoms with Crippen LogP contribution in [-0.4, -0.2) is 37.4 Å². The predicted molar refractivity (Wildman–Crippen MR) is 129 cm³/mol. The predicted octanol–water partition coefficient (Wildman–Crippen LogP) is 5.33. The molecule has 2 bridgehead atoms. The lowest BCUT2D eigenvalue weighted by Gasteiger charge is -2.31. The number of amides is 3. The summed E-state index contributed by atoms with van der Waals surface area (Å²) in [6.07, 6.45) is 0.822. The highest BCUT2D eigenvalue weighted by atomic mass is 79.9. The average molecular weight is 601 g/mol. The zero-order valence-electron chi connectivity index (χ0n) is 16.6. The third-order valence-corrected chi connectivity index (χ3v) is 10.6. The lowest BCUT2D eigenvalue weighted by molar-refractivity contribution is -0.156. The van der Waals surface area contributed by atoms with Gasteiger partial charge in [0, 0.05) is 14.7 Å². The van der Waals surface area contributed by atoms with E-state index in [2.05, 4.69) is 31.9 Å². The maximum Gasteiger partial charge on any atom is 0.274 e. The van der Waals surface area contributed by atoms with Crippen LogP contribution in [0.15, 0.2) is 48.5 Å². The minimum atomic E-state index is -0.495. The Kier molecular flexibility index (Phi) is 5.89. The van der Waals surface area contributed by atoms with Crippen LogP contribution in [0.3, 0.4) is 0 Å². The molecule has 0 radical (unpaired) electrons. The van der Waals surface area contributed by atoms with E-state index in [1.54, 1.807) is 48.5 Å². The van der Waals surface area contributed by atoms with Crippen molar-refractivity contribution >= 4 is 72.8 Å². The van der Waals surface area contributed by atoms with Crippen molar-refractivity contribution in [1.82, 2.24) is 10.0 Å². The van der Waals surface area contributed by atoms with Crippen molar-refractivity contribution in [2.75, 3.05) is 0 Å². The van der Waals surface area contributed by atoms with Gasteiger partial charge in [-0.2, -0.15) is 5.01 Å². The summed E-state index contributed by atoms with van der Waals surface area (Å²) in [7, 11) is 0. The standard InChI is InChI=1S/C23H18Br2Cl2N2O3/c24-19-14-9-15(20(19)25)18-17(14)22(31)29(23(18)32)28(10-11-5-7-12(26)8-6-11)21(30)13-3-1-2-4-16(13)27/h1-8,14-15,17-20H,9-10H2/t14-,15-,17-,18+,19-,20+/m1/s1. The Bertz CT molecular complexity index is 1080. The number of hydrazine groups is 1. The molecule has 0 spiro atoms. The van der Waals surface area contributed by atoms with Crippen molar-refractivity contribution in [1.29, 1.82) is 0 Å². The van der Waals surface area contributed by atoms with Gasteiger partial charge in [-0.3, -0.25) is 14.4 Å². The molecule has 2 aliphatic carbocycles. The zero-order chi connectivity index (χ0) is 22.7. The van der Waals surface area contributed by atoms with Crippen LogP contribution in [-0.2, 0) is 16.1 Å². The van der Waals surface area contributed by atoms with Gasteiger partial charge in [-0.25, -0.2) is 5.01 Å². The van der Waals surface area contributed by atoms with Crippen LogP contribution in [0.2, 0.25) is 10.0 Å². The van der Waals surface area contributed by atoms with E-state index >= 15 is 0 Å². The van der Waals surface area contributed by atoms with E-state index in [1.165, 1.54) is 5.01 Å². The smallest absolute Gasteiger partial charge is 0.272 e. The van der Waals surface area contributed by atoms with Crippen LogP contribution in [0.4, 0.5) is 0 Å². The number of hydrogen-bond donors (Lipinski definition) is 0. The van der Waals surface area contributed by atoms with Crippen LogP contribution >= 0.6 is 55.1 Å². The summed E-state index contributed by atoms with van der Waals surface area (Å²) in [5.41, 5.74) is 0.979. The number of nitrogens with zero attached hydrogens (tertiary/aromatic N) is 2. The minimum absolute atomic E-state index is 0.0446. The first-order chi connectivity index (χ1) is 15.3. The molecular formula is C23H18Br2Cl2N2O3. The fourth-order valence-electron chi connectivity index (χ4n) is 5.34. The summed E-state index contributed by atoms with van der Waals surface area (Å²) < 4.78 is 0. The molecular weight excluding hydrogens is 583 g/mol. The lowest BCUT2D eigenvalue weighted by atomic mass is 9.81. The van der Waals surface area contributed by atoms with Gasteiger partial charge >= 0.3 is 0 Å². The van der Waals surface area contributed by atoms with Gasteiger partial charge < -0.3 is 0 Å². The Morgan fingerprint density at radius 1 is 0.938 bits per heavy atom. The van der Waals surface area contributed by atoms with Crippen molar-refractivity contribution < 1.29 is 14.4 Å². The van der Waals surface area contributed by atoms with Gasteiger partial charge in [0.05, 0.1) is 29.0 Å². The molecule has 0 N–H and O–H groups in total. The van der Waals surface area contributed by atoms with E-state index in [-0.39, 0.29) is 50.4 Å². The zero-order valence-corrected chi connectivity index (χ0v) is 21.3. The van der Waals surface area contributed by atoms with E-state index in [4.69, 9.17) is 23.2 Å². The monoisotopic (exact) mass is 598 g/mol. The van der Waals surface area contributed by atoms with Crippen molar-refractivity contribution in [2.45, 2.75) is 22.6 Å². The van der Waals surface area contributed by atoms with Crippen molar-refractivity contribution in [3.63, 3.8) is 0 Å². The highest BCUT2D eigenvalue weighted by molar-refractivity contribution is 9.12. The molecule has 0 aromatic heterocycles. The van der Waals surface area contributed by atoms with E-state index in [0.29, 0.717) is 5.02 Å². The van der Waals surface area contributed by atoms with Gasteiger partial charge in [0.25, 0.3) is 17.7 Å². The van der Waals surface area contributed by atoms with Crippen LogP contribution < -0.4 is 0 Å². The molecule has 3 amide bonds. The highest BCUT2D eigenvalue weighted by Gasteiger charge is 2.67. The van der Waals surface area contributed by atoms with Gasteiger partial charge in [0.2, 0.25) is 0 Å².